The summed E-state index contributed by atoms with van der Waals surface area (Å²) in [5, 5.41) is 0. The smallest absolute Gasteiger partial charge is 0.0832 e. The lowest BCUT2D eigenvalue weighted by Crippen LogP contribution is -2.52. The summed E-state index contributed by atoms with van der Waals surface area (Å²) in [6.07, 6.45) is 5.74. The summed E-state index contributed by atoms with van der Waals surface area (Å²) < 4.78 is 5.99. The number of ether oxygens (including phenoxy) is 1. The molecule has 1 saturated carbocycles. The van der Waals surface area contributed by atoms with Crippen molar-refractivity contribution in [1.82, 2.24) is 0 Å². The van der Waals surface area contributed by atoms with Gasteiger partial charge < -0.3 is 10.5 Å². The molecule has 0 amide bonds. The van der Waals surface area contributed by atoms with E-state index in [1.54, 1.807) is 0 Å². The minimum atomic E-state index is -0.0288. The van der Waals surface area contributed by atoms with Gasteiger partial charge in [-0.05, 0) is 44.4 Å². The second-order valence-corrected chi connectivity index (χ2v) is 5.68. The van der Waals surface area contributed by atoms with Crippen LogP contribution in [0.15, 0.2) is 0 Å². The van der Waals surface area contributed by atoms with Crippen molar-refractivity contribution in [2.24, 2.45) is 11.1 Å². The molecule has 0 spiro atoms. The molecule has 2 heteroatoms. The third-order valence-corrected chi connectivity index (χ3v) is 4.00. The predicted molar refractivity (Wildman–Crippen MR) is 64.9 cm³/mol. The van der Waals surface area contributed by atoms with Crippen LogP contribution in [-0.4, -0.2) is 18.2 Å². The molecule has 0 heterocycles. The van der Waals surface area contributed by atoms with E-state index in [1.165, 1.54) is 12.8 Å². The molecule has 1 atom stereocenters. The fraction of sp³-hybridized carbons (Fsp3) is 1.00. The molecule has 2 N–H and O–H groups in total. The van der Waals surface area contributed by atoms with Crippen LogP contribution >= 0.6 is 0 Å². The molecule has 0 unspecified atom stereocenters. The average molecular weight is 213 g/mol. The Morgan fingerprint density at radius 2 is 1.67 bits per heavy atom. The second-order valence-electron chi connectivity index (χ2n) is 5.68. The first-order chi connectivity index (χ1) is 6.96. The molecule has 0 aromatic rings. The highest BCUT2D eigenvalue weighted by atomic mass is 16.5. The molecule has 2 nitrogen and oxygen atoms in total. The molecule has 90 valence electrons. The van der Waals surface area contributed by atoms with E-state index < -0.39 is 0 Å². The Kier molecular flexibility index (Phi) is 4.19. The Labute approximate surface area is 94.6 Å². The lowest BCUT2D eigenvalue weighted by molar-refractivity contribution is -0.0994. The van der Waals surface area contributed by atoms with E-state index >= 15 is 0 Å². The third-order valence-electron chi connectivity index (χ3n) is 4.00. The molecule has 0 aromatic heterocycles. The van der Waals surface area contributed by atoms with Gasteiger partial charge in [0.05, 0.1) is 5.60 Å². The first-order valence-electron chi connectivity index (χ1n) is 6.35. The molecule has 1 fully saturated rings. The van der Waals surface area contributed by atoms with E-state index in [9.17, 15) is 0 Å². The van der Waals surface area contributed by atoms with E-state index in [0.717, 1.165) is 25.9 Å². The van der Waals surface area contributed by atoms with Crippen LogP contribution in [0.5, 0.6) is 0 Å². The second kappa shape index (κ2) is 4.84. The maximum Gasteiger partial charge on any atom is 0.0832 e. The molecule has 1 aliphatic carbocycles. The van der Waals surface area contributed by atoms with Gasteiger partial charge in [-0.25, -0.2) is 0 Å². The summed E-state index contributed by atoms with van der Waals surface area (Å²) in [7, 11) is 0. The zero-order valence-electron chi connectivity index (χ0n) is 10.8. The van der Waals surface area contributed by atoms with Crippen LogP contribution in [0.4, 0.5) is 0 Å². The molecule has 0 aliphatic heterocycles. The number of hydrogen-bond donors (Lipinski definition) is 1. The van der Waals surface area contributed by atoms with Crippen LogP contribution in [0, 0.1) is 5.41 Å². The lowest BCUT2D eigenvalue weighted by Gasteiger charge is -2.46. The van der Waals surface area contributed by atoms with Crippen LogP contribution in [0.3, 0.4) is 0 Å². The number of rotatable bonds is 4. The summed E-state index contributed by atoms with van der Waals surface area (Å²) in [5.74, 6) is 0. The van der Waals surface area contributed by atoms with Gasteiger partial charge in [0.25, 0.3) is 0 Å². The summed E-state index contributed by atoms with van der Waals surface area (Å²) in [4.78, 5) is 0. The summed E-state index contributed by atoms with van der Waals surface area (Å²) in [6, 6.07) is 0.202. The topological polar surface area (TPSA) is 35.2 Å². The van der Waals surface area contributed by atoms with Crippen molar-refractivity contribution in [3.8, 4) is 0 Å². The van der Waals surface area contributed by atoms with Crippen LogP contribution in [0.25, 0.3) is 0 Å². The van der Waals surface area contributed by atoms with Crippen molar-refractivity contribution in [3.05, 3.63) is 0 Å². The van der Waals surface area contributed by atoms with Crippen molar-refractivity contribution in [2.45, 2.75) is 71.4 Å². The van der Waals surface area contributed by atoms with Crippen molar-refractivity contribution in [3.63, 3.8) is 0 Å². The maximum absolute atomic E-state index is 6.23. The van der Waals surface area contributed by atoms with Crippen molar-refractivity contribution in [1.29, 1.82) is 0 Å². The molecule has 0 aromatic carbocycles. The minimum absolute atomic E-state index is 0.0288. The largest absolute Gasteiger partial charge is 0.374 e. The van der Waals surface area contributed by atoms with Crippen LogP contribution < -0.4 is 5.73 Å². The molecule has 0 radical (unpaired) electrons. The SMILES string of the molecule is CCOC1([C@H](N)CC)CCC(C)(C)CC1. The standard InChI is InChI=1S/C13H27NO/c1-5-11(14)13(15-6-2)9-7-12(3,4)8-10-13/h11H,5-10,14H2,1-4H3/t11-/m1/s1. The molecule has 0 bridgehead atoms. The van der Waals surface area contributed by atoms with E-state index in [1.807, 2.05) is 0 Å². The number of nitrogens with two attached hydrogens (primary N) is 1. The Bertz CT molecular complexity index is 191. The quantitative estimate of drug-likeness (QED) is 0.779. The van der Waals surface area contributed by atoms with E-state index in [2.05, 4.69) is 27.7 Å². The van der Waals surface area contributed by atoms with Gasteiger partial charge in [0.2, 0.25) is 0 Å². The highest BCUT2D eigenvalue weighted by Gasteiger charge is 2.42. The van der Waals surface area contributed by atoms with Gasteiger partial charge in [0.15, 0.2) is 0 Å². The van der Waals surface area contributed by atoms with Gasteiger partial charge >= 0.3 is 0 Å². The van der Waals surface area contributed by atoms with E-state index in [-0.39, 0.29) is 11.6 Å². The summed E-state index contributed by atoms with van der Waals surface area (Å²) >= 11 is 0. The fourth-order valence-electron chi connectivity index (χ4n) is 2.63. The maximum atomic E-state index is 6.23. The highest BCUT2D eigenvalue weighted by molar-refractivity contribution is 4.97. The van der Waals surface area contributed by atoms with Crippen LogP contribution in [0.2, 0.25) is 0 Å². The van der Waals surface area contributed by atoms with Gasteiger partial charge in [-0.1, -0.05) is 20.8 Å². The zero-order valence-corrected chi connectivity index (χ0v) is 10.8. The molecule has 1 rings (SSSR count). The van der Waals surface area contributed by atoms with E-state index in [4.69, 9.17) is 10.5 Å². The Morgan fingerprint density at radius 1 is 1.13 bits per heavy atom. The van der Waals surface area contributed by atoms with E-state index in [0.29, 0.717) is 5.41 Å². The van der Waals surface area contributed by atoms with Crippen molar-refractivity contribution >= 4 is 0 Å². The third kappa shape index (κ3) is 2.94. The Morgan fingerprint density at radius 3 is 2.07 bits per heavy atom. The van der Waals surface area contributed by atoms with Gasteiger partial charge in [-0.2, -0.15) is 0 Å². The first kappa shape index (κ1) is 13.0. The van der Waals surface area contributed by atoms with Crippen molar-refractivity contribution in [2.75, 3.05) is 6.61 Å². The fourth-order valence-corrected chi connectivity index (χ4v) is 2.63. The number of hydrogen-bond acceptors (Lipinski definition) is 2. The normalized spacial score (nSPS) is 26.2. The van der Waals surface area contributed by atoms with Gasteiger partial charge in [0.1, 0.15) is 0 Å². The highest BCUT2D eigenvalue weighted by Crippen LogP contribution is 2.43. The minimum Gasteiger partial charge on any atom is -0.374 e. The van der Waals surface area contributed by atoms with Crippen LogP contribution in [0.1, 0.15) is 59.8 Å². The molecular formula is C13H27NO. The Hall–Kier alpha value is -0.0800. The van der Waals surface area contributed by atoms with Crippen LogP contribution in [-0.2, 0) is 4.74 Å². The average Bonchev–Trinajstić information content (AvgIpc) is 2.21. The Balaban J connectivity index is 2.68. The summed E-state index contributed by atoms with van der Waals surface area (Å²) in [6.45, 7) is 9.71. The summed E-state index contributed by atoms with van der Waals surface area (Å²) in [5.41, 5.74) is 6.68. The molecule has 1 aliphatic rings. The monoisotopic (exact) mass is 213 g/mol. The lowest BCUT2D eigenvalue weighted by atomic mass is 9.68. The zero-order chi connectivity index (χ0) is 11.5. The molecule has 15 heavy (non-hydrogen) atoms. The van der Waals surface area contributed by atoms with Crippen molar-refractivity contribution < 1.29 is 4.74 Å². The van der Waals surface area contributed by atoms with Gasteiger partial charge in [-0.3, -0.25) is 0 Å². The molecule has 0 saturated heterocycles. The predicted octanol–water partition coefficient (Wildman–Crippen LogP) is 3.10. The first-order valence-corrected chi connectivity index (χ1v) is 6.35. The molecular weight excluding hydrogens is 186 g/mol. The van der Waals surface area contributed by atoms with Gasteiger partial charge in [0, 0.05) is 12.6 Å². The van der Waals surface area contributed by atoms with Gasteiger partial charge in [-0.15, -0.1) is 0 Å².